The topological polar surface area (TPSA) is 8.81 Å². The second-order valence-electron chi connectivity index (χ2n) is 4.34. The molecule has 0 atom stereocenters. The fraction of sp³-hybridized carbons (Fsp3) is 0.214. The Balaban J connectivity index is 0.00000120. The summed E-state index contributed by atoms with van der Waals surface area (Å²) in [5.41, 5.74) is 2.55. The lowest BCUT2D eigenvalue weighted by molar-refractivity contribution is -0.633. The van der Waals surface area contributed by atoms with Crippen molar-refractivity contribution in [3.05, 3.63) is 41.3 Å². The fourth-order valence-electron chi connectivity index (χ4n) is 2.37. The number of para-hydroxylation sites is 2. The molecule has 0 saturated heterocycles. The highest BCUT2D eigenvalue weighted by Gasteiger charge is 2.22. The van der Waals surface area contributed by atoms with E-state index in [0.717, 1.165) is 0 Å². The highest BCUT2D eigenvalue weighted by Crippen LogP contribution is 2.27. The van der Waals surface area contributed by atoms with Crippen molar-refractivity contribution in [2.24, 2.45) is 14.1 Å². The average Bonchev–Trinajstić information content (AvgIpc) is 2.84. The third-order valence-electron chi connectivity index (χ3n) is 3.20. The van der Waals surface area contributed by atoms with Gasteiger partial charge in [0.25, 0.3) is 5.82 Å². The van der Waals surface area contributed by atoms with Crippen molar-refractivity contribution >= 4 is 22.4 Å². The molecule has 3 aromatic rings. The Bertz CT molecular complexity index is 658. The molecule has 2 aromatic heterocycles. The maximum Gasteiger partial charge on any atom is 0.299 e. The summed E-state index contributed by atoms with van der Waals surface area (Å²) in [6.45, 7) is 2.15. The number of aryl methyl sites for hydroxylation is 3. The van der Waals surface area contributed by atoms with Crippen LogP contribution in [0.2, 0.25) is 0 Å². The molecule has 4 heteroatoms. The largest absolute Gasteiger partial charge is 1.00 e. The van der Waals surface area contributed by atoms with Crippen molar-refractivity contribution < 1.29 is 28.5 Å². The molecule has 0 amide bonds. The summed E-state index contributed by atoms with van der Waals surface area (Å²) in [7, 11) is 4.26. The van der Waals surface area contributed by atoms with Crippen molar-refractivity contribution in [1.29, 1.82) is 0 Å². The summed E-state index contributed by atoms with van der Waals surface area (Å²) < 4.78 is 4.53. The van der Waals surface area contributed by atoms with Gasteiger partial charge in [-0.05, 0) is 31.2 Å². The van der Waals surface area contributed by atoms with Gasteiger partial charge in [0.1, 0.15) is 4.88 Å². The first kappa shape index (κ1) is 13.5. The number of halogens is 1. The molecule has 0 aliphatic carbocycles. The van der Waals surface area contributed by atoms with Gasteiger partial charge in [0.15, 0.2) is 11.0 Å². The van der Waals surface area contributed by atoms with E-state index in [0.29, 0.717) is 0 Å². The number of fused-ring (bicyclic) bond motifs is 1. The third kappa shape index (κ3) is 1.97. The van der Waals surface area contributed by atoms with Crippen LogP contribution in [0.3, 0.4) is 0 Å². The lowest BCUT2D eigenvalue weighted by atomic mass is 10.3. The molecule has 3 rings (SSSR count). The number of imidazole rings is 1. The van der Waals surface area contributed by atoms with E-state index in [1.807, 2.05) is 11.3 Å². The molecule has 0 bridgehead atoms. The van der Waals surface area contributed by atoms with Gasteiger partial charge in [-0.15, -0.1) is 11.3 Å². The van der Waals surface area contributed by atoms with Crippen molar-refractivity contribution in [1.82, 2.24) is 4.57 Å². The molecular formula is C14H15IN2S. The van der Waals surface area contributed by atoms with Crippen LogP contribution in [-0.4, -0.2) is 4.57 Å². The van der Waals surface area contributed by atoms with Gasteiger partial charge in [0.2, 0.25) is 0 Å². The average molecular weight is 370 g/mol. The van der Waals surface area contributed by atoms with E-state index in [9.17, 15) is 0 Å². The van der Waals surface area contributed by atoms with Gasteiger partial charge in [-0.25, -0.2) is 9.13 Å². The van der Waals surface area contributed by atoms with Crippen molar-refractivity contribution in [3.8, 4) is 10.7 Å². The van der Waals surface area contributed by atoms with Crippen LogP contribution in [0.25, 0.3) is 21.7 Å². The van der Waals surface area contributed by atoms with Crippen LogP contribution in [0.4, 0.5) is 0 Å². The lowest BCUT2D eigenvalue weighted by Gasteiger charge is -1.94. The third-order valence-corrected chi connectivity index (χ3v) is 4.20. The molecule has 18 heavy (non-hydrogen) atoms. The van der Waals surface area contributed by atoms with Crippen LogP contribution in [0.15, 0.2) is 36.4 Å². The van der Waals surface area contributed by atoms with Crippen molar-refractivity contribution in [2.75, 3.05) is 0 Å². The monoisotopic (exact) mass is 370 g/mol. The first-order valence-corrected chi connectivity index (χ1v) is 6.50. The number of aromatic nitrogens is 2. The Hall–Kier alpha value is -0.880. The number of hydrogen-bond acceptors (Lipinski definition) is 1. The van der Waals surface area contributed by atoms with Gasteiger partial charge in [-0.2, -0.15) is 0 Å². The van der Waals surface area contributed by atoms with Gasteiger partial charge in [0, 0.05) is 4.88 Å². The highest BCUT2D eigenvalue weighted by atomic mass is 127. The van der Waals surface area contributed by atoms with Crippen LogP contribution in [0.1, 0.15) is 4.88 Å². The Morgan fingerprint density at radius 2 is 1.83 bits per heavy atom. The molecule has 94 valence electrons. The number of thiophene rings is 1. The van der Waals surface area contributed by atoms with Gasteiger partial charge in [-0.1, -0.05) is 12.1 Å². The molecule has 0 fully saturated rings. The molecule has 0 radical (unpaired) electrons. The standard InChI is InChI=1S/C14H15N2S.HI/c1-10-8-9-13(17-10)14-15(2)11-6-4-5-7-12(11)16(14)3;/h4-9H,1-3H3;1H/q+1;/p-1. The molecule has 2 heterocycles. The molecular weight excluding hydrogens is 355 g/mol. The predicted molar refractivity (Wildman–Crippen MR) is 72.1 cm³/mol. The van der Waals surface area contributed by atoms with Gasteiger partial charge in [0.05, 0.1) is 14.1 Å². The lowest BCUT2D eigenvalue weighted by Crippen LogP contribution is -3.00. The first-order chi connectivity index (χ1) is 8.18. The van der Waals surface area contributed by atoms with Crippen LogP contribution in [0.5, 0.6) is 0 Å². The van der Waals surface area contributed by atoms with E-state index in [-0.39, 0.29) is 24.0 Å². The zero-order valence-electron chi connectivity index (χ0n) is 10.6. The normalized spacial score (nSPS) is 10.6. The zero-order chi connectivity index (χ0) is 12.0. The highest BCUT2D eigenvalue weighted by molar-refractivity contribution is 7.15. The van der Waals surface area contributed by atoms with Crippen LogP contribution in [-0.2, 0) is 14.1 Å². The molecule has 0 saturated carbocycles. The molecule has 0 spiro atoms. The van der Waals surface area contributed by atoms with E-state index in [1.165, 1.54) is 26.6 Å². The minimum atomic E-state index is 0. The second-order valence-corrected chi connectivity index (χ2v) is 5.63. The van der Waals surface area contributed by atoms with Gasteiger partial charge >= 0.3 is 0 Å². The van der Waals surface area contributed by atoms with E-state index < -0.39 is 0 Å². The van der Waals surface area contributed by atoms with Crippen molar-refractivity contribution in [2.45, 2.75) is 6.92 Å². The van der Waals surface area contributed by atoms with E-state index in [4.69, 9.17) is 0 Å². The SMILES string of the molecule is Cc1ccc(-c2n(C)c3ccccc3[n+]2C)s1.[I-]. The molecule has 2 nitrogen and oxygen atoms in total. The van der Waals surface area contributed by atoms with Gasteiger partial charge in [-0.3, -0.25) is 0 Å². The Kier molecular flexibility index (Phi) is 3.77. The molecule has 0 aliphatic rings. The summed E-state index contributed by atoms with van der Waals surface area (Å²) in [4.78, 5) is 2.67. The maximum atomic E-state index is 2.26. The summed E-state index contributed by atoms with van der Waals surface area (Å²) in [5.74, 6) is 1.27. The maximum absolute atomic E-state index is 2.26. The Labute approximate surface area is 128 Å². The summed E-state index contributed by atoms with van der Waals surface area (Å²) in [5, 5.41) is 0. The van der Waals surface area contributed by atoms with E-state index in [2.05, 4.69) is 66.6 Å². The second kappa shape index (κ2) is 5.01. The number of nitrogens with zero attached hydrogens (tertiary/aromatic N) is 2. The van der Waals surface area contributed by atoms with Crippen LogP contribution in [0, 0.1) is 6.92 Å². The smallest absolute Gasteiger partial charge is 0.299 e. The summed E-state index contributed by atoms with van der Waals surface area (Å²) >= 11 is 1.84. The van der Waals surface area contributed by atoms with E-state index in [1.54, 1.807) is 0 Å². The molecule has 0 aliphatic heterocycles. The Morgan fingerprint density at radius 1 is 1.11 bits per heavy atom. The molecule has 1 aromatic carbocycles. The summed E-state index contributed by atoms with van der Waals surface area (Å²) in [6.07, 6.45) is 0. The summed E-state index contributed by atoms with van der Waals surface area (Å²) in [6, 6.07) is 12.9. The molecule has 0 unspecified atom stereocenters. The number of hydrogen-bond donors (Lipinski definition) is 0. The van der Waals surface area contributed by atoms with E-state index >= 15 is 0 Å². The van der Waals surface area contributed by atoms with Gasteiger partial charge < -0.3 is 24.0 Å². The minimum Gasteiger partial charge on any atom is -1.00 e. The quantitative estimate of drug-likeness (QED) is 0.423. The van der Waals surface area contributed by atoms with Crippen molar-refractivity contribution in [3.63, 3.8) is 0 Å². The van der Waals surface area contributed by atoms with Crippen LogP contribution < -0.4 is 28.5 Å². The Morgan fingerprint density at radius 3 is 2.44 bits per heavy atom. The first-order valence-electron chi connectivity index (χ1n) is 5.69. The number of benzene rings is 1. The molecule has 0 N–H and O–H groups in total. The van der Waals surface area contributed by atoms with Crippen LogP contribution >= 0.6 is 11.3 Å². The fourth-order valence-corrected chi connectivity index (χ4v) is 3.35. The number of rotatable bonds is 1. The predicted octanol–water partition coefficient (Wildman–Crippen LogP) is 0.0437. The minimum absolute atomic E-state index is 0. The zero-order valence-corrected chi connectivity index (χ0v) is 13.6.